The molecule has 0 aromatic heterocycles. The molecule has 0 aliphatic heterocycles. The van der Waals surface area contributed by atoms with Crippen molar-refractivity contribution in [2.75, 3.05) is 24.5 Å². The zero-order chi connectivity index (χ0) is 33.3. The molecule has 1 unspecified atom stereocenters. The molecule has 9 heteroatoms. The summed E-state index contributed by atoms with van der Waals surface area (Å²) in [6.07, 6.45) is 0.245. The number of nitrogens with zero attached hydrogens (tertiary/aromatic N) is 2. The van der Waals surface area contributed by atoms with Gasteiger partial charge in [0.1, 0.15) is 18.3 Å². The topological polar surface area (TPSA) is 96.0 Å². The van der Waals surface area contributed by atoms with Gasteiger partial charge in [0.15, 0.2) is 0 Å². The van der Waals surface area contributed by atoms with Crippen molar-refractivity contribution in [3.63, 3.8) is 0 Å². The fraction of sp³-hybridized carbons (Fsp3) is 0.297. The number of hydrogen-bond donors (Lipinski definition) is 1. The zero-order valence-corrected chi connectivity index (χ0v) is 28.0. The van der Waals surface area contributed by atoms with E-state index in [0.717, 1.165) is 26.6 Å². The number of carbonyl (C=O) groups excluding carboxylic acids is 2. The highest BCUT2D eigenvalue weighted by Gasteiger charge is 2.35. The van der Waals surface area contributed by atoms with E-state index in [9.17, 15) is 18.0 Å². The molecule has 4 rings (SSSR count). The van der Waals surface area contributed by atoms with Crippen molar-refractivity contribution in [1.29, 1.82) is 0 Å². The third kappa shape index (κ3) is 8.54. The Kier molecular flexibility index (Phi) is 11.6. The SMILES string of the molecule is COc1cccc(CN(C(=O)CN(c2cccc(C)c2C)S(=O)(=O)c2ccccc2)C(Cc2ccccc2)C(=O)NCC(C)C)c1. The lowest BCUT2D eigenvalue weighted by Gasteiger charge is -2.34. The lowest BCUT2D eigenvalue weighted by molar-refractivity contribution is -0.140. The standard InChI is InChI=1S/C37H43N3O5S/c1-27(2)24-38-37(42)35(23-30-15-8-6-9-16-30)39(25-31-17-13-18-32(22-31)45-5)36(41)26-40(34-21-12-14-28(3)29(34)4)46(43,44)33-19-10-7-11-20-33/h6-22,27,35H,23-26H2,1-5H3,(H,38,42). The molecule has 0 fully saturated rings. The lowest BCUT2D eigenvalue weighted by Crippen LogP contribution is -2.53. The molecule has 4 aromatic rings. The van der Waals surface area contributed by atoms with Crippen LogP contribution < -0.4 is 14.4 Å². The number of ether oxygens (including phenoxy) is 1. The van der Waals surface area contributed by atoms with Gasteiger partial charge in [-0.1, -0.05) is 86.6 Å². The molecule has 0 aliphatic carbocycles. The maximum atomic E-state index is 14.6. The largest absolute Gasteiger partial charge is 0.497 e. The zero-order valence-electron chi connectivity index (χ0n) is 27.1. The number of amides is 2. The molecule has 242 valence electrons. The van der Waals surface area contributed by atoms with Crippen LogP contribution in [0, 0.1) is 19.8 Å². The van der Waals surface area contributed by atoms with Crippen molar-refractivity contribution in [2.24, 2.45) is 5.92 Å². The summed E-state index contributed by atoms with van der Waals surface area (Å²) in [5.41, 5.74) is 3.65. The van der Waals surface area contributed by atoms with Gasteiger partial charge in [-0.25, -0.2) is 8.42 Å². The van der Waals surface area contributed by atoms with Gasteiger partial charge < -0.3 is 15.0 Å². The van der Waals surface area contributed by atoms with Gasteiger partial charge in [0, 0.05) is 19.5 Å². The van der Waals surface area contributed by atoms with E-state index in [1.165, 1.54) is 17.0 Å². The first-order valence-corrected chi connectivity index (χ1v) is 16.8. The molecular formula is C37H43N3O5S. The first kappa shape index (κ1) is 34.2. The fourth-order valence-corrected chi connectivity index (χ4v) is 6.68. The van der Waals surface area contributed by atoms with Crippen molar-refractivity contribution in [2.45, 2.75) is 51.6 Å². The Morgan fingerprint density at radius 2 is 1.46 bits per heavy atom. The maximum Gasteiger partial charge on any atom is 0.264 e. The molecule has 0 spiro atoms. The second-order valence-electron chi connectivity index (χ2n) is 11.8. The fourth-order valence-electron chi connectivity index (χ4n) is 5.18. The Hall–Kier alpha value is -4.63. The summed E-state index contributed by atoms with van der Waals surface area (Å²) in [4.78, 5) is 30.1. The van der Waals surface area contributed by atoms with Crippen LogP contribution in [0.1, 0.15) is 36.1 Å². The molecule has 46 heavy (non-hydrogen) atoms. The minimum Gasteiger partial charge on any atom is -0.497 e. The van der Waals surface area contributed by atoms with E-state index in [2.05, 4.69) is 5.32 Å². The molecule has 1 N–H and O–H groups in total. The summed E-state index contributed by atoms with van der Waals surface area (Å²) in [5, 5.41) is 3.01. The molecule has 2 amide bonds. The van der Waals surface area contributed by atoms with E-state index < -0.39 is 28.5 Å². The van der Waals surface area contributed by atoms with Crippen LogP contribution in [0.25, 0.3) is 0 Å². The number of aryl methyl sites for hydroxylation is 1. The summed E-state index contributed by atoms with van der Waals surface area (Å²) >= 11 is 0. The number of carbonyl (C=O) groups is 2. The van der Waals surface area contributed by atoms with Gasteiger partial charge in [0.05, 0.1) is 17.7 Å². The predicted molar refractivity (Wildman–Crippen MR) is 182 cm³/mol. The molecule has 0 radical (unpaired) electrons. The van der Waals surface area contributed by atoms with Crippen LogP contribution >= 0.6 is 0 Å². The van der Waals surface area contributed by atoms with E-state index in [1.54, 1.807) is 43.5 Å². The number of rotatable bonds is 14. The highest BCUT2D eigenvalue weighted by molar-refractivity contribution is 7.92. The highest BCUT2D eigenvalue weighted by atomic mass is 32.2. The van der Waals surface area contributed by atoms with Crippen molar-refractivity contribution >= 4 is 27.5 Å². The maximum absolute atomic E-state index is 14.6. The van der Waals surface area contributed by atoms with Crippen molar-refractivity contribution in [1.82, 2.24) is 10.2 Å². The van der Waals surface area contributed by atoms with E-state index >= 15 is 0 Å². The van der Waals surface area contributed by atoms with Gasteiger partial charge in [0.25, 0.3) is 10.0 Å². The Bertz CT molecular complexity index is 1730. The molecule has 0 aliphatic rings. The summed E-state index contributed by atoms with van der Waals surface area (Å²) in [6, 6.07) is 29.4. The van der Waals surface area contributed by atoms with Gasteiger partial charge >= 0.3 is 0 Å². The van der Waals surface area contributed by atoms with Crippen molar-refractivity contribution < 1.29 is 22.7 Å². The minimum atomic E-state index is -4.17. The van der Waals surface area contributed by atoms with Crippen LogP contribution in [-0.4, -0.2) is 51.4 Å². The molecule has 4 aromatic carbocycles. The van der Waals surface area contributed by atoms with Gasteiger partial charge in [0.2, 0.25) is 11.8 Å². The van der Waals surface area contributed by atoms with Crippen molar-refractivity contribution in [3.8, 4) is 5.75 Å². The van der Waals surface area contributed by atoms with Crippen LogP contribution in [0.2, 0.25) is 0 Å². The average molecular weight is 642 g/mol. The van der Waals surface area contributed by atoms with E-state index in [4.69, 9.17) is 4.74 Å². The van der Waals surface area contributed by atoms with Gasteiger partial charge in [-0.2, -0.15) is 0 Å². The Labute approximate surface area is 273 Å². The van der Waals surface area contributed by atoms with Crippen LogP contribution in [0.15, 0.2) is 108 Å². The summed E-state index contributed by atoms with van der Waals surface area (Å²) in [7, 11) is -2.60. The molecule has 8 nitrogen and oxygen atoms in total. The number of methoxy groups -OCH3 is 1. The smallest absolute Gasteiger partial charge is 0.264 e. The monoisotopic (exact) mass is 641 g/mol. The number of sulfonamides is 1. The van der Waals surface area contributed by atoms with Crippen LogP contribution in [0.3, 0.4) is 0 Å². The van der Waals surface area contributed by atoms with Crippen molar-refractivity contribution in [3.05, 3.63) is 125 Å². The normalized spacial score (nSPS) is 12.0. The average Bonchev–Trinajstić information content (AvgIpc) is 3.06. The second-order valence-corrected chi connectivity index (χ2v) is 13.6. The third-order valence-corrected chi connectivity index (χ3v) is 9.67. The van der Waals surface area contributed by atoms with E-state index in [0.29, 0.717) is 18.0 Å². The number of nitrogens with one attached hydrogen (secondary N) is 1. The van der Waals surface area contributed by atoms with E-state index in [1.807, 2.05) is 82.3 Å². The van der Waals surface area contributed by atoms with Gasteiger partial charge in [-0.15, -0.1) is 0 Å². The van der Waals surface area contributed by atoms with Crippen LogP contribution in [-0.2, 0) is 32.6 Å². The Balaban J connectivity index is 1.83. The highest BCUT2D eigenvalue weighted by Crippen LogP contribution is 2.29. The predicted octanol–water partition coefficient (Wildman–Crippen LogP) is 5.92. The van der Waals surface area contributed by atoms with E-state index in [-0.39, 0.29) is 29.7 Å². The molecule has 0 heterocycles. The lowest BCUT2D eigenvalue weighted by atomic mass is 10.0. The third-order valence-electron chi connectivity index (χ3n) is 7.90. The Morgan fingerprint density at radius 3 is 2.11 bits per heavy atom. The van der Waals surface area contributed by atoms with Crippen LogP contribution in [0.5, 0.6) is 5.75 Å². The quantitative estimate of drug-likeness (QED) is 0.185. The van der Waals surface area contributed by atoms with Crippen LogP contribution in [0.4, 0.5) is 5.69 Å². The molecule has 0 saturated carbocycles. The first-order valence-electron chi connectivity index (χ1n) is 15.4. The number of hydrogen-bond acceptors (Lipinski definition) is 5. The molecule has 0 saturated heterocycles. The van der Waals surface area contributed by atoms with Gasteiger partial charge in [-0.3, -0.25) is 13.9 Å². The summed E-state index contributed by atoms with van der Waals surface area (Å²) in [5.74, 6) is -0.0149. The number of benzene rings is 4. The first-order chi connectivity index (χ1) is 22.0. The number of anilines is 1. The molecule has 0 bridgehead atoms. The summed E-state index contributed by atoms with van der Waals surface area (Å²) < 4.78 is 35.1. The summed E-state index contributed by atoms with van der Waals surface area (Å²) in [6.45, 7) is 7.74. The van der Waals surface area contributed by atoms with Gasteiger partial charge in [-0.05, 0) is 72.4 Å². The Morgan fingerprint density at radius 1 is 0.826 bits per heavy atom. The second kappa shape index (κ2) is 15.6. The molecule has 1 atom stereocenters. The molecular weight excluding hydrogens is 598 g/mol. The minimum absolute atomic E-state index is 0.0641.